The van der Waals surface area contributed by atoms with Crippen molar-refractivity contribution in [1.82, 2.24) is 4.57 Å². The Bertz CT molecular complexity index is 532. The number of nitrogens with zero attached hydrogens (tertiary/aromatic N) is 2. The van der Waals surface area contributed by atoms with Crippen LogP contribution >= 0.6 is 15.9 Å². The lowest BCUT2D eigenvalue weighted by atomic mass is 10.2. The van der Waals surface area contributed by atoms with Gasteiger partial charge in [0.1, 0.15) is 0 Å². The Balaban J connectivity index is 2.18. The molecule has 1 aromatic carbocycles. The second-order valence-electron chi connectivity index (χ2n) is 4.52. The Labute approximate surface area is 117 Å². The number of aryl methyl sites for hydroxylation is 1. The summed E-state index contributed by atoms with van der Waals surface area (Å²) in [5, 5.41) is 3.49. The second-order valence-corrected chi connectivity index (χ2v) is 5.44. The molecule has 0 amide bonds. The molecule has 0 atom stereocenters. The molecular weight excluding hydrogens is 290 g/mol. The van der Waals surface area contributed by atoms with Gasteiger partial charge in [-0.1, -0.05) is 15.9 Å². The summed E-state index contributed by atoms with van der Waals surface area (Å²) in [5.74, 6) is 0. The first kappa shape index (κ1) is 13.0. The molecule has 1 N–H and O–H groups in total. The molecule has 4 heteroatoms. The Hall–Kier alpha value is -1.42. The molecule has 0 unspecified atom stereocenters. The highest BCUT2D eigenvalue weighted by molar-refractivity contribution is 9.10. The molecule has 2 aromatic rings. The minimum atomic E-state index is 0.820. The molecule has 0 aliphatic carbocycles. The average Bonchev–Trinajstić information content (AvgIpc) is 2.72. The van der Waals surface area contributed by atoms with Gasteiger partial charge in [0.05, 0.1) is 17.9 Å². The molecular formula is C14H18BrN3. The van der Waals surface area contributed by atoms with E-state index in [-0.39, 0.29) is 0 Å². The number of halogens is 1. The van der Waals surface area contributed by atoms with Crippen molar-refractivity contribution in [1.29, 1.82) is 0 Å². The zero-order valence-corrected chi connectivity index (χ0v) is 12.5. The van der Waals surface area contributed by atoms with Gasteiger partial charge in [-0.05, 0) is 30.3 Å². The highest BCUT2D eigenvalue weighted by Gasteiger charge is 2.05. The Morgan fingerprint density at radius 2 is 2.06 bits per heavy atom. The quantitative estimate of drug-likeness (QED) is 0.933. The smallest absolute Gasteiger partial charge is 0.0597 e. The van der Waals surface area contributed by atoms with Gasteiger partial charge in [0.25, 0.3) is 0 Å². The van der Waals surface area contributed by atoms with E-state index in [0.717, 1.165) is 16.7 Å². The van der Waals surface area contributed by atoms with Gasteiger partial charge in [-0.25, -0.2) is 0 Å². The van der Waals surface area contributed by atoms with E-state index in [1.807, 2.05) is 0 Å². The van der Waals surface area contributed by atoms with Crippen molar-refractivity contribution in [3.8, 4) is 0 Å². The van der Waals surface area contributed by atoms with Crippen molar-refractivity contribution < 1.29 is 0 Å². The van der Waals surface area contributed by atoms with Crippen molar-refractivity contribution >= 4 is 27.3 Å². The van der Waals surface area contributed by atoms with E-state index in [1.54, 1.807) is 0 Å². The van der Waals surface area contributed by atoms with Crippen molar-refractivity contribution in [2.24, 2.45) is 7.05 Å². The summed E-state index contributed by atoms with van der Waals surface area (Å²) in [6.07, 6.45) is 2.06. The number of hydrogen-bond acceptors (Lipinski definition) is 2. The van der Waals surface area contributed by atoms with E-state index >= 15 is 0 Å². The average molecular weight is 308 g/mol. The van der Waals surface area contributed by atoms with Crippen LogP contribution in [0.2, 0.25) is 0 Å². The molecule has 0 spiro atoms. The zero-order chi connectivity index (χ0) is 13.1. The topological polar surface area (TPSA) is 20.2 Å². The van der Waals surface area contributed by atoms with Crippen LogP contribution in [0, 0.1) is 0 Å². The minimum absolute atomic E-state index is 0.820. The first-order valence-corrected chi connectivity index (χ1v) is 6.68. The van der Waals surface area contributed by atoms with Gasteiger partial charge in [0.15, 0.2) is 0 Å². The molecule has 96 valence electrons. The van der Waals surface area contributed by atoms with Gasteiger partial charge in [-0.3, -0.25) is 0 Å². The third-order valence-corrected chi connectivity index (χ3v) is 3.44. The fourth-order valence-corrected chi connectivity index (χ4v) is 2.27. The van der Waals surface area contributed by atoms with Gasteiger partial charge in [-0.2, -0.15) is 0 Å². The highest BCUT2D eigenvalue weighted by atomic mass is 79.9. The molecule has 0 saturated carbocycles. The maximum Gasteiger partial charge on any atom is 0.0597 e. The van der Waals surface area contributed by atoms with E-state index in [9.17, 15) is 0 Å². The van der Waals surface area contributed by atoms with Gasteiger partial charge in [0.2, 0.25) is 0 Å². The molecule has 0 aliphatic rings. The first-order valence-electron chi connectivity index (χ1n) is 5.89. The van der Waals surface area contributed by atoms with E-state index in [4.69, 9.17) is 0 Å². The number of hydrogen-bond donors (Lipinski definition) is 1. The standard InChI is InChI=1S/C14H18BrN3/c1-17(2)14-7-6-11(15)9-13(14)16-10-12-5-4-8-18(12)3/h4-9,16H,10H2,1-3H3. The lowest BCUT2D eigenvalue weighted by Gasteiger charge is -2.19. The first-order chi connectivity index (χ1) is 8.58. The molecule has 0 saturated heterocycles. The summed E-state index contributed by atoms with van der Waals surface area (Å²) in [5.41, 5.74) is 3.59. The molecule has 1 aromatic heterocycles. The van der Waals surface area contributed by atoms with Crippen LogP contribution in [0.25, 0.3) is 0 Å². The van der Waals surface area contributed by atoms with Gasteiger partial charge < -0.3 is 14.8 Å². The summed E-state index contributed by atoms with van der Waals surface area (Å²) in [6, 6.07) is 10.5. The highest BCUT2D eigenvalue weighted by Crippen LogP contribution is 2.28. The molecule has 0 radical (unpaired) electrons. The predicted molar refractivity (Wildman–Crippen MR) is 81.2 cm³/mol. The van der Waals surface area contributed by atoms with Gasteiger partial charge in [0, 0.05) is 37.5 Å². The summed E-state index contributed by atoms with van der Waals surface area (Å²) in [6.45, 7) is 0.820. The second kappa shape index (κ2) is 5.48. The van der Waals surface area contributed by atoms with Crippen LogP contribution in [0.1, 0.15) is 5.69 Å². The van der Waals surface area contributed by atoms with E-state index in [0.29, 0.717) is 0 Å². The number of nitrogens with one attached hydrogen (secondary N) is 1. The maximum atomic E-state index is 3.51. The summed E-state index contributed by atoms with van der Waals surface area (Å²) >= 11 is 3.51. The van der Waals surface area contributed by atoms with Crippen LogP contribution in [0.3, 0.4) is 0 Å². The molecule has 3 nitrogen and oxygen atoms in total. The minimum Gasteiger partial charge on any atom is -0.378 e. The molecule has 0 aliphatic heterocycles. The SMILES string of the molecule is CN(C)c1ccc(Br)cc1NCc1cccn1C. The fourth-order valence-electron chi connectivity index (χ4n) is 1.91. The number of anilines is 2. The van der Waals surface area contributed by atoms with E-state index < -0.39 is 0 Å². The third-order valence-electron chi connectivity index (χ3n) is 2.95. The van der Waals surface area contributed by atoms with Gasteiger partial charge in [-0.15, -0.1) is 0 Å². The number of aromatic nitrogens is 1. The summed E-state index contributed by atoms with van der Waals surface area (Å²) in [7, 11) is 6.17. The Kier molecular flexibility index (Phi) is 3.97. The van der Waals surface area contributed by atoms with Crippen LogP contribution in [-0.4, -0.2) is 18.7 Å². The summed E-state index contributed by atoms with van der Waals surface area (Å²) in [4.78, 5) is 2.11. The van der Waals surface area contributed by atoms with Crippen LogP contribution < -0.4 is 10.2 Å². The molecule has 2 rings (SSSR count). The van der Waals surface area contributed by atoms with Crippen molar-refractivity contribution in [3.05, 3.63) is 46.7 Å². The lowest BCUT2D eigenvalue weighted by Crippen LogP contribution is -2.12. The lowest BCUT2D eigenvalue weighted by molar-refractivity contribution is 0.842. The number of benzene rings is 1. The van der Waals surface area contributed by atoms with Crippen LogP contribution in [-0.2, 0) is 13.6 Å². The maximum absolute atomic E-state index is 3.51. The predicted octanol–water partition coefficient (Wildman–Crippen LogP) is 3.47. The molecule has 0 bridgehead atoms. The number of rotatable bonds is 4. The van der Waals surface area contributed by atoms with E-state index in [1.165, 1.54) is 11.4 Å². The van der Waals surface area contributed by atoms with E-state index in [2.05, 4.69) is 88.4 Å². The summed E-state index contributed by atoms with van der Waals surface area (Å²) < 4.78 is 3.21. The Morgan fingerprint density at radius 1 is 1.28 bits per heavy atom. The zero-order valence-electron chi connectivity index (χ0n) is 10.9. The molecule has 1 heterocycles. The van der Waals surface area contributed by atoms with Gasteiger partial charge >= 0.3 is 0 Å². The normalized spacial score (nSPS) is 10.4. The fraction of sp³-hybridized carbons (Fsp3) is 0.286. The monoisotopic (exact) mass is 307 g/mol. The van der Waals surface area contributed by atoms with Crippen LogP contribution in [0.5, 0.6) is 0 Å². The molecule has 18 heavy (non-hydrogen) atoms. The largest absolute Gasteiger partial charge is 0.378 e. The van der Waals surface area contributed by atoms with Crippen LogP contribution in [0.4, 0.5) is 11.4 Å². The van der Waals surface area contributed by atoms with Crippen molar-refractivity contribution in [2.45, 2.75) is 6.54 Å². The van der Waals surface area contributed by atoms with Crippen LogP contribution in [0.15, 0.2) is 41.0 Å². The third kappa shape index (κ3) is 2.88. The van der Waals surface area contributed by atoms with Crippen molar-refractivity contribution in [3.63, 3.8) is 0 Å². The van der Waals surface area contributed by atoms with Crippen molar-refractivity contribution in [2.75, 3.05) is 24.3 Å². The Morgan fingerprint density at radius 3 is 2.67 bits per heavy atom. The molecule has 0 fully saturated rings.